The Hall–Kier alpha value is -0.620. The van der Waals surface area contributed by atoms with Crippen LogP contribution in [0.5, 0.6) is 0 Å². The molecule has 0 aromatic rings. The Morgan fingerprint density at radius 1 is 1.41 bits per heavy atom. The van der Waals surface area contributed by atoms with E-state index in [-0.39, 0.29) is 23.5 Å². The van der Waals surface area contributed by atoms with Crippen molar-refractivity contribution in [3.05, 3.63) is 0 Å². The number of hydrogen-bond acceptors (Lipinski definition) is 4. The van der Waals surface area contributed by atoms with Gasteiger partial charge in [0.25, 0.3) is 0 Å². The predicted molar refractivity (Wildman–Crippen MR) is 65.4 cm³/mol. The zero-order valence-electron chi connectivity index (χ0n) is 10.2. The molecule has 98 valence electrons. The van der Waals surface area contributed by atoms with Gasteiger partial charge in [-0.05, 0) is 32.4 Å². The van der Waals surface area contributed by atoms with Crippen molar-refractivity contribution in [2.24, 2.45) is 5.92 Å². The number of rotatable bonds is 3. The highest BCUT2D eigenvalue weighted by atomic mass is 32.2. The molecule has 2 rings (SSSR count). The number of hydrogen-bond donors (Lipinski definition) is 1. The zero-order valence-corrected chi connectivity index (χ0v) is 11.0. The van der Waals surface area contributed by atoms with E-state index in [1.807, 2.05) is 0 Å². The Kier molecular flexibility index (Phi) is 3.73. The van der Waals surface area contributed by atoms with Gasteiger partial charge in [-0.2, -0.15) is 0 Å². The number of carbonyl (C=O) groups excluding carboxylic acids is 1. The SMILES string of the molecule is CN1CCC(CC(=O)NC2CCS(=O)(=O)C2)C1. The first-order chi connectivity index (χ1) is 7.94. The van der Waals surface area contributed by atoms with E-state index in [1.165, 1.54) is 0 Å². The molecule has 2 atom stereocenters. The van der Waals surface area contributed by atoms with E-state index in [9.17, 15) is 13.2 Å². The molecule has 2 unspecified atom stereocenters. The van der Waals surface area contributed by atoms with Crippen LogP contribution in [0.25, 0.3) is 0 Å². The molecule has 0 aliphatic carbocycles. The van der Waals surface area contributed by atoms with Gasteiger partial charge in [-0.15, -0.1) is 0 Å². The summed E-state index contributed by atoms with van der Waals surface area (Å²) >= 11 is 0. The molecule has 2 saturated heterocycles. The molecule has 2 fully saturated rings. The highest BCUT2D eigenvalue weighted by molar-refractivity contribution is 7.91. The smallest absolute Gasteiger partial charge is 0.220 e. The molecule has 0 radical (unpaired) electrons. The van der Waals surface area contributed by atoms with E-state index in [0.29, 0.717) is 18.8 Å². The summed E-state index contributed by atoms with van der Waals surface area (Å²) < 4.78 is 22.5. The van der Waals surface area contributed by atoms with Crippen molar-refractivity contribution in [2.45, 2.75) is 25.3 Å². The lowest BCUT2D eigenvalue weighted by molar-refractivity contribution is -0.122. The van der Waals surface area contributed by atoms with Crippen LogP contribution in [0.1, 0.15) is 19.3 Å². The summed E-state index contributed by atoms with van der Waals surface area (Å²) in [6.07, 6.45) is 2.16. The molecule has 2 aliphatic heterocycles. The number of carbonyl (C=O) groups is 1. The highest BCUT2D eigenvalue weighted by Crippen LogP contribution is 2.18. The van der Waals surface area contributed by atoms with Crippen LogP contribution in [0.15, 0.2) is 0 Å². The fraction of sp³-hybridized carbons (Fsp3) is 0.909. The van der Waals surface area contributed by atoms with Gasteiger partial charge in [0.1, 0.15) is 0 Å². The van der Waals surface area contributed by atoms with Gasteiger partial charge in [0, 0.05) is 19.0 Å². The molecule has 0 aromatic heterocycles. The van der Waals surface area contributed by atoms with Gasteiger partial charge in [-0.25, -0.2) is 8.42 Å². The van der Waals surface area contributed by atoms with Crippen LogP contribution in [-0.4, -0.2) is 56.9 Å². The van der Waals surface area contributed by atoms with Gasteiger partial charge in [-0.3, -0.25) is 4.79 Å². The molecule has 0 saturated carbocycles. The molecule has 2 heterocycles. The molecule has 17 heavy (non-hydrogen) atoms. The third-order valence-corrected chi connectivity index (χ3v) is 5.33. The summed E-state index contributed by atoms with van der Waals surface area (Å²) in [5.74, 6) is 0.762. The maximum atomic E-state index is 11.7. The average Bonchev–Trinajstić information content (AvgIpc) is 2.73. The average molecular weight is 260 g/mol. The lowest BCUT2D eigenvalue weighted by atomic mass is 10.0. The lowest BCUT2D eigenvalue weighted by Gasteiger charge is -2.13. The first-order valence-corrected chi connectivity index (χ1v) is 7.95. The van der Waals surface area contributed by atoms with Crippen LogP contribution in [-0.2, 0) is 14.6 Å². The maximum Gasteiger partial charge on any atom is 0.220 e. The molecule has 0 spiro atoms. The Balaban J connectivity index is 1.75. The maximum absolute atomic E-state index is 11.7. The minimum absolute atomic E-state index is 0.00685. The molecule has 6 heteroatoms. The molecule has 2 aliphatic rings. The highest BCUT2D eigenvalue weighted by Gasteiger charge is 2.30. The predicted octanol–water partition coefficient (Wildman–Crippen LogP) is -0.368. The molecule has 0 aromatic carbocycles. The summed E-state index contributed by atoms with van der Waals surface area (Å²) in [6.45, 7) is 2.02. The minimum Gasteiger partial charge on any atom is -0.352 e. The van der Waals surface area contributed by atoms with Gasteiger partial charge in [-0.1, -0.05) is 0 Å². The quantitative estimate of drug-likeness (QED) is 0.752. The Labute approximate surface area is 102 Å². The Morgan fingerprint density at radius 2 is 2.18 bits per heavy atom. The van der Waals surface area contributed by atoms with Gasteiger partial charge < -0.3 is 10.2 Å². The van der Waals surface area contributed by atoms with Crippen molar-refractivity contribution in [2.75, 3.05) is 31.6 Å². The topological polar surface area (TPSA) is 66.5 Å². The summed E-state index contributed by atoms with van der Waals surface area (Å²) in [5, 5.41) is 2.84. The van der Waals surface area contributed by atoms with Gasteiger partial charge in [0.05, 0.1) is 11.5 Å². The van der Waals surface area contributed by atoms with Crippen LogP contribution in [0.3, 0.4) is 0 Å². The molecule has 1 N–H and O–H groups in total. The van der Waals surface area contributed by atoms with Gasteiger partial charge in [0.15, 0.2) is 9.84 Å². The van der Waals surface area contributed by atoms with Crippen LogP contribution in [0, 0.1) is 5.92 Å². The summed E-state index contributed by atoms with van der Waals surface area (Å²) in [6, 6.07) is -0.161. The number of likely N-dealkylation sites (tertiary alicyclic amines) is 1. The second kappa shape index (κ2) is 4.94. The normalized spacial score (nSPS) is 32.8. The molecule has 5 nitrogen and oxygen atoms in total. The van der Waals surface area contributed by atoms with Crippen molar-refractivity contribution >= 4 is 15.7 Å². The Bertz CT molecular complexity index is 394. The summed E-state index contributed by atoms with van der Waals surface area (Å²) in [4.78, 5) is 14.0. The van der Waals surface area contributed by atoms with Crippen molar-refractivity contribution in [3.63, 3.8) is 0 Å². The van der Waals surface area contributed by atoms with Crippen molar-refractivity contribution in [1.82, 2.24) is 10.2 Å². The monoisotopic (exact) mass is 260 g/mol. The summed E-state index contributed by atoms with van der Waals surface area (Å²) in [7, 11) is -0.843. The van der Waals surface area contributed by atoms with E-state index in [2.05, 4.69) is 17.3 Å². The van der Waals surface area contributed by atoms with Crippen LogP contribution in [0.4, 0.5) is 0 Å². The molecular formula is C11H20N2O3S. The van der Waals surface area contributed by atoms with Crippen molar-refractivity contribution in [1.29, 1.82) is 0 Å². The molecule has 0 bridgehead atoms. The second-order valence-electron chi connectivity index (χ2n) is 5.29. The lowest BCUT2D eigenvalue weighted by Crippen LogP contribution is -2.36. The number of amides is 1. The largest absolute Gasteiger partial charge is 0.352 e. The van der Waals surface area contributed by atoms with Gasteiger partial charge in [0.2, 0.25) is 5.91 Å². The fourth-order valence-electron chi connectivity index (χ4n) is 2.65. The van der Waals surface area contributed by atoms with Crippen LogP contribution in [0.2, 0.25) is 0 Å². The fourth-order valence-corrected chi connectivity index (χ4v) is 4.32. The minimum atomic E-state index is -2.90. The summed E-state index contributed by atoms with van der Waals surface area (Å²) in [5.41, 5.74) is 0. The van der Waals surface area contributed by atoms with E-state index < -0.39 is 9.84 Å². The Morgan fingerprint density at radius 3 is 2.71 bits per heavy atom. The van der Waals surface area contributed by atoms with Crippen LogP contribution < -0.4 is 5.32 Å². The van der Waals surface area contributed by atoms with E-state index in [0.717, 1.165) is 19.5 Å². The number of nitrogens with zero attached hydrogens (tertiary/aromatic N) is 1. The third kappa shape index (κ3) is 3.67. The van der Waals surface area contributed by atoms with E-state index in [1.54, 1.807) is 0 Å². The first kappa shape index (κ1) is 12.8. The first-order valence-electron chi connectivity index (χ1n) is 6.13. The van der Waals surface area contributed by atoms with Crippen molar-refractivity contribution in [3.8, 4) is 0 Å². The molecular weight excluding hydrogens is 240 g/mol. The zero-order chi connectivity index (χ0) is 12.5. The van der Waals surface area contributed by atoms with Crippen molar-refractivity contribution < 1.29 is 13.2 Å². The third-order valence-electron chi connectivity index (χ3n) is 3.56. The van der Waals surface area contributed by atoms with E-state index in [4.69, 9.17) is 0 Å². The van der Waals surface area contributed by atoms with Gasteiger partial charge >= 0.3 is 0 Å². The number of sulfone groups is 1. The number of nitrogens with one attached hydrogen (secondary N) is 1. The van der Waals surface area contributed by atoms with Crippen LogP contribution >= 0.6 is 0 Å². The molecule has 1 amide bonds. The second-order valence-corrected chi connectivity index (χ2v) is 7.52. The van der Waals surface area contributed by atoms with E-state index >= 15 is 0 Å². The standard InChI is InChI=1S/C11H20N2O3S/c1-13-4-2-9(7-13)6-11(14)12-10-3-5-17(15,16)8-10/h9-10H,2-8H2,1H3,(H,12,14).